The summed E-state index contributed by atoms with van der Waals surface area (Å²) in [5.41, 5.74) is 10.1. The van der Waals surface area contributed by atoms with Gasteiger partial charge in [-0.25, -0.2) is 8.78 Å². The van der Waals surface area contributed by atoms with Gasteiger partial charge in [-0.1, -0.05) is 50.6 Å². The third-order valence-corrected chi connectivity index (χ3v) is 7.13. The highest BCUT2D eigenvalue weighted by atomic mass is 19.1. The van der Waals surface area contributed by atoms with Crippen molar-refractivity contribution in [1.82, 2.24) is 10.2 Å². The standard InChI is InChI=1S/C33H41F2N3O3/c1-5-9-31(37-32(39)25-12-8-13-26(18-25)33(40)38(3)4)29(17-24-15-27(34)19-28(35)16-24)30(36)21-41-20-23-11-7-10-22(6-2)14-23/h7-8,10-16,18-19,29-31H,5-6,9,17,20-21,36H2,1-4H3,(H,37,39)/t29-,30?,31?/m0/s1. The van der Waals surface area contributed by atoms with Gasteiger partial charge in [0, 0.05) is 49.3 Å². The molecule has 3 aromatic rings. The minimum atomic E-state index is -0.669. The lowest BCUT2D eigenvalue weighted by Gasteiger charge is -2.33. The molecule has 0 heterocycles. The van der Waals surface area contributed by atoms with E-state index in [1.807, 2.05) is 19.1 Å². The van der Waals surface area contributed by atoms with Gasteiger partial charge in [-0.15, -0.1) is 0 Å². The number of carbonyl (C=O) groups is 2. The largest absolute Gasteiger partial charge is 0.375 e. The van der Waals surface area contributed by atoms with Gasteiger partial charge in [0.2, 0.25) is 0 Å². The lowest BCUT2D eigenvalue weighted by molar-refractivity contribution is 0.0780. The monoisotopic (exact) mass is 565 g/mol. The molecule has 0 aliphatic heterocycles. The van der Waals surface area contributed by atoms with Crippen molar-refractivity contribution in [2.24, 2.45) is 11.7 Å². The molecule has 220 valence electrons. The fourth-order valence-corrected chi connectivity index (χ4v) is 4.98. The number of hydrogen-bond donors (Lipinski definition) is 2. The molecule has 0 fully saturated rings. The third-order valence-electron chi connectivity index (χ3n) is 7.13. The number of amides is 2. The highest BCUT2D eigenvalue weighted by molar-refractivity contribution is 5.99. The summed E-state index contributed by atoms with van der Waals surface area (Å²) in [5.74, 6) is -2.28. The van der Waals surface area contributed by atoms with Gasteiger partial charge in [0.1, 0.15) is 11.6 Å². The van der Waals surface area contributed by atoms with E-state index >= 15 is 0 Å². The van der Waals surface area contributed by atoms with Crippen LogP contribution in [0.1, 0.15) is 64.1 Å². The number of ether oxygens (including phenoxy) is 1. The summed E-state index contributed by atoms with van der Waals surface area (Å²) >= 11 is 0. The van der Waals surface area contributed by atoms with Crippen LogP contribution in [0.2, 0.25) is 0 Å². The first kappa shape index (κ1) is 31.9. The van der Waals surface area contributed by atoms with Crippen LogP contribution in [0.3, 0.4) is 0 Å². The van der Waals surface area contributed by atoms with E-state index in [1.54, 1.807) is 38.4 Å². The van der Waals surface area contributed by atoms with E-state index in [0.717, 1.165) is 24.5 Å². The van der Waals surface area contributed by atoms with Gasteiger partial charge in [-0.05, 0) is 66.3 Å². The molecule has 6 nitrogen and oxygen atoms in total. The van der Waals surface area contributed by atoms with Crippen LogP contribution >= 0.6 is 0 Å². The number of aryl methyl sites for hydroxylation is 1. The number of nitrogens with one attached hydrogen (secondary N) is 1. The van der Waals surface area contributed by atoms with Gasteiger partial charge in [0.25, 0.3) is 11.8 Å². The van der Waals surface area contributed by atoms with Crippen molar-refractivity contribution < 1.29 is 23.1 Å². The van der Waals surface area contributed by atoms with Crippen LogP contribution in [0.25, 0.3) is 0 Å². The van der Waals surface area contributed by atoms with E-state index in [-0.39, 0.29) is 30.8 Å². The smallest absolute Gasteiger partial charge is 0.253 e. The van der Waals surface area contributed by atoms with Crippen LogP contribution in [0.15, 0.2) is 66.7 Å². The van der Waals surface area contributed by atoms with Crippen LogP contribution < -0.4 is 11.1 Å². The Kier molecular flexibility index (Phi) is 12.0. The second-order valence-corrected chi connectivity index (χ2v) is 10.6. The van der Waals surface area contributed by atoms with Crippen LogP contribution in [0.5, 0.6) is 0 Å². The zero-order chi connectivity index (χ0) is 29.9. The second kappa shape index (κ2) is 15.4. The first-order chi connectivity index (χ1) is 19.6. The molecule has 0 radical (unpaired) electrons. The number of nitrogens with zero attached hydrogens (tertiary/aromatic N) is 1. The van der Waals surface area contributed by atoms with E-state index < -0.39 is 23.7 Å². The van der Waals surface area contributed by atoms with Crippen molar-refractivity contribution in [3.8, 4) is 0 Å². The van der Waals surface area contributed by atoms with E-state index in [2.05, 4.69) is 24.4 Å². The molecule has 0 aliphatic rings. The van der Waals surface area contributed by atoms with Gasteiger partial charge in [0.05, 0.1) is 13.2 Å². The summed E-state index contributed by atoms with van der Waals surface area (Å²) < 4.78 is 34.2. The second-order valence-electron chi connectivity index (χ2n) is 10.6. The molecular formula is C33H41F2N3O3. The predicted molar refractivity (Wildman–Crippen MR) is 158 cm³/mol. The SMILES string of the molecule is CCCC(NC(=O)c1cccc(C(=O)N(C)C)c1)[C@@H](Cc1cc(F)cc(F)c1)C(N)COCc1cccc(CC)c1. The van der Waals surface area contributed by atoms with Crippen LogP contribution in [0, 0.1) is 17.6 Å². The Labute approximate surface area is 241 Å². The first-order valence-corrected chi connectivity index (χ1v) is 14.1. The molecule has 2 amide bonds. The number of rotatable bonds is 14. The van der Waals surface area contributed by atoms with Crippen molar-refractivity contribution in [2.45, 2.75) is 58.2 Å². The summed E-state index contributed by atoms with van der Waals surface area (Å²) in [6.45, 7) is 4.66. The molecule has 0 saturated carbocycles. The normalized spacial score (nSPS) is 13.3. The molecule has 2 unspecified atom stereocenters. The summed E-state index contributed by atoms with van der Waals surface area (Å²) in [6, 6.07) is 17.2. The molecule has 0 bridgehead atoms. The summed E-state index contributed by atoms with van der Waals surface area (Å²) in [5, 5.41) is 3.10. The Hall–Kier alpha value is -3.62. The molecule has 0 aliphatic carbocycles. The maximum atomic E-state index is 14.1. The molecule has 3 aromatic carbocycles. The maximum absolute atomic E-state index is 14.1. The van der Waals surface area contributed by atoms with Gasteiger partial charge < -0.3 is 20.7 Å². The average molecular weight is 566 g/mol. The molecule has 3 N–H and O–H groups in total. The third kappa shape index (κ3) is 9.47. The van der Waals surface area contributed by atoms with E-state index in [1.165, 1.54) is 22.6 Å². The number of hydrogen-bond acceptors (Lipinski definition) is 4. The first-order valence-electron chi connectivity index (χ1n) is 14.1. The lowest BCUT2D eigenvalue weighted by atomic mass is 9.84. The van der Waals surface area contributed by atoms with Crippen molar-refractivity contribution in [3.05, 3.63) is 106 Å². The molecule has 41 heavy (non-hydrogen) atoms. The zero-order valence-electron chi connectivity index (χ0n) is 24.3. The van der Waals surface area contributed by atoms with Gasteiger partial charge in [-0.2, -0.15) is 0 Å². The number of nitrogens with two attached hydrogens (primary N) is 1. The minimum Gasteiger partial charge on any atom is -0.375 e. The van der Waals surface area contributed by atoms with Crippen molar-refractivity contribution in [2.75, 3.05) is 20.7 Å². The maximum Gasteiger partial charge on any atom is 0.253 e. The van der Waals surface area contributed by atoms with Crippen molar-refractivity contribution in [3.63, 3.8) is 0 Å². The number of benzene rings is 3. The van der Waals surface area contributed by atoms with Crippen LogP contribution in [-0.2, 0) is 24.2 Å². The Morgan fingerprint density at radius 1 is 0.902 bits per heavy atom. The van der Waals surface area contributed by atoms with Gasteiger partial charge >= 0.3 is 0 Å². The zero-order valence-corrected chi connectivity index (χ0v) is 24.3. The van der Waals surface area contributed by atoms with Crippen LogP contribution in [-0.4, -0.2) is 49.5 Å². The lowest BCUT2D eigenvalue weighted by Crippen LogP contribution is -2.50. The average Bonchev–Trinajstić information content (AvgIpc) is 2.94. The summed E-state index contributed by atoms with van der Waals surface area (Å²) in [4.78, 5) is 27.3. The molecule has 0 spiro atoms. The Morgan fingerprint density at radius 3 is 2.22 bits per heavy atom. The highest BCUT2D eigenvalue weighted by Gasteiger charge is 2.29. The number of carbonyl (C=O) groups excluding carboxylic acids is 2. The topological polar surface area (TPSA) is 84.7 Å². The summed E-state index contributed by atoms with van der Waals surface area (Å²) in [7, 11) is 3.30. The van der Waals surface area contributed by atoms with E-state index in [0.29, 0.717) is 29.7 Å². The Bertz CT molecular complexity index is 1290. The molecular weight excluding hydrogens is 524 g/mol. The fourth-order valence-electron chi connectivity index (χ4n) is 4.98. The molecule has 0 saturated heterocycles. The van der Waals surface area contributed by atoms with Gasteiger partial charge in [0.15, 0.2) is 0 Å². The summed E-state index contributed by atoms with van der Waals surface area (Å²) in [6.07, 6.45) is 2.51. The van der Waals surface area contributed by atoms with Gasteiger partial charge in [-0.3, -0.25) is 9.59 Å². The van der Waals surface area contributed by atoms with E-state index in [4.69, 9.17) is 10.5 Å². The van der Waals surface area contributed by atoms with Crippen LogP contribution in [0.4, 0.5) is 8.78 Å². The predicted octanol–water partition coefficient (Wildman–Crippen LogP) is 5.53. The Balaban J connectivity index is 1.83. The molecule has 3 rings (SSSR count). The number of halogens is 2. The highest BCUT2D eigenvalue weighted by Crippen LogP contribution is 2.22. The fraction of sp³-hybridized carbons (Fsp3) is 0.394. The van der Waals surface area contributed by atoms with Crippen molar-refractivity contribution in [1.29, 1.82) is 0 Å². The molecule has 0 aromatic heterocycles. The Morgan fingerprint density at radius 2 is 1.56 bits per heavy atom. The van der Waals surface area contributed by atoms with E-state index in [9.17, 15) is 18.4 Å². The minimum absolute atomic E-state index is 0.196. The van der Waals surface area contributed by atoms with Crippen molar-refractivity contribution >= 4 is 11.8 Å². The quantitative estimate of drug-likeness (QED) is 0.269. The molecule has 3 atom stereocenters. The molecule has 8 heteroatoms.